The second kappa shape index (κ2) is 6.59. The second-order valence-corrected chi connectivity index (χ2v) is 12.7. The molecule has 28 heavy (non-hydrogen) atoms. The highest BCUT2D eigenvalue weighted by Crippen LogP contribution is 2.35. The molecule has 0 bridgehead atoms. The van der Waals surface area contributed by atoms with E-state index in [4.69, 9.17) is 18.9 Å². The van der Waals surface area contributed by atoms with E-state index in [0.717, 1.165) is 16.1 Å². The molecule has 0 spiro atoms. The van der Waals surface area contributed by atoms with Gasteiger partial charge in [-0.2, -0.15) is 0 Å². The summed E-state index contributed by atoms with van der Waals surface area (Å²) < 4.78 is 23.7. The molecule has 146 valence electrons. The lowest BCUT2D eigenvalue weighted by Gasteiger charge is -2.22. The van der Waals surface area contributed by atoms with Crippen molar-refractivity contribution < 1.29 is 23.7 Å². The molecule has 1 aliphatic rings. The summed E-state index contributed by atoms with van der Waals surface area (Å²) in [6.45, 7) is 6.78. The van der Waals surface area contributed by atoms with E-state index < -0.39 is 8.07 Å². The first kappa shape index (κ1) is 18.4. The zero-order valence-electron chi connectivity index (χ0n) is 16.7. The van der Waals surface area contributed by atoms with Crippen molar-refractivity contribution in [1.29, 1.82) is 0 Å². The predicted molar refractivity (Wildman–Crippen MR) is 110 cm³/mol. The Kier molecular flexibility index (Phi) is 4.34. The maximum Gasteiger partial charge on any atom is 0.262 e. The molecule has 0 fully saturated rings. The first-order valence-electron chi connectivity index (χ1n) is 9.06. The van der Waals surface area contributed by atoms with E-state index in [1.807, 2.05) is 30.3 Å². The van der Waals surface area contributed by atoms with Crippen molar-refractivity contribution in [3.05, 3.63) is 42.1 Å². The maximum atomic E-state index is 13.6. The largest absolute Gasteiger partial charge is 0.493 e. The first-order valence-corrected chi connectivity index (χ1v) is 12.6. The van der Waals surface area contributed by atoms with Crippen molar-refractivity contribution in [1.82, 2.24) is 4.57 Å². The molecule has 0 amide bonds. The SMILES string of the molecule is COc1cc2ccn(C(=O)c3ccc4c(c3[Si](C)(C)C)OCO4)c2cc1OC. The number of carbonyl (C=O) groups excluding carboxylic acids is 1. The summed E-state index contributed by atoms with van der Waals surface area (Å²) in [5.41, 5.74) is 1.41. The van der Waals surface area contributed by atoms with Gasteiger partial charge in [0, 0.05) is 23.2 Å². The zero-order chi connectivity index (χ0) is 20.1. The molecule has 0 N–H and O–H groups in total. The Morgan fingerprint density at radius 3 is 2.43 bits per heavy atom. The highest BCUT2D eigenvalue weighted by atomic mass is 28.3. The Bertz CT molecular complexity index is 1080. The minimum absolute atomic E-state index is 0.0991. The van der Waals surface area contributed by atoms with Crippen molar-refractivity contribution in [3.63, 3.8) is 0 Å². The zero-order valence-corrected chi connectivity index (χ0v) is 17.7. The van der Waals surface area contributed by atoms with Crippen molar-refractivity contribution in [2.45, 2.75) is 19.6 Å². The molecule has 0 aliphatic carbocycles. The third-order valence-electron chi connectivity index (χ3n) is 4.93. The van der Waals surface area contributed by atoms with Gasteiger partial charge in [0.05, 0.1) is 27.8 Å². The molecule has 0 saturated heterocycles. The van der Waals surface area contributed by atoms with Crippen LogP contribution in [0.15, 0.2) is 36.5 Å². The number of methoxy groups -OCH3 is 2. The second-order valence-electron chi connectivity index (χ2n) is 7.73. The average Bonchev–Trinajstić information content (AvgIpc) is 3.30. The Hall–Kier alpha value is -2.93. The molecule has 0 radical (unpaired) electrons. The number of aromatic nitrogens is 1. The molecule has 0 unspecified atom stereocenters. The van der Waals surface area contributed by atoms with E-state index in [1.165, 1.54) is 0 Å². The topological polar surface area (TPSA) is 58.9 Å². The van der Waals surface area contributed by atoms with Gasteiger partial charge in [0.25, 0.3) is 5.91 Å². The smallest absolute Gasteiger partial charge is 0.262 e. The normalized spacial score (nSPS) is 13.0. The van der Waals surface area contributed by atoms with E-state index in [9.17, 15) is 4.79 Å². The fraction of sp³-hybridized carbons (Fsp3) is 0.286. The number of rotatable bonds is 4. The van der Waals surface area contributed by atoms with Crippen LogP contribution in [-0.4, -0.2) is 39.6 Å². The van der Waals surface area contributed by atoms with Gasteiger partial charge in [-0.05, 0) is 29.5 Å². The standard InChI is InChI=1S/C21H23NO5Si/c1-24-17-10-13-8-9-22(15(13)11-18(17)25-2)21(23)14-6-7-16-19(27-12-26-16)20(14)28(3,4)5/h6-11H,12H2,1-5H3. The molecule has 7 heteroatoms. The van der Waals surface area contributed by atoms with Crippen molar-refractivity contribution in [3.8, 4) is 23.0 Å². The average molecular weight is 398 g/mol. The van der Waals surface area contributed by atoms with Crippen molar-refractivity contribution >= 4 is 30.1 Å². The quantitative estimate of drug-likeness (QED) is 0.630. The predicted octanol–water partition coefficient (Wildman–Crippen LogP) is 3.62. The summed E-state index contributed by atoms with van der Waals surface area (Å²) in [4.78, 5) is 13.6. The van der Waals surface area contributed by atoms with Gasteiger partial charge in [0.15, 0.2) is 23.0 Å². The van der Waals surface area contributed by atoms with Gasteiger partial charge in [-0.1, -0.05) is 19.6 Å². The number of ether oxygens (including phenoxy) is 4. The number of benzene rings is 2. The van der Waals surface area contributed by atoms with Gasteiger partial charge in [-0.25, -0.2) is 0 Å². The number of carbonyl (C=O) groups is 1. The maximum absolute atomic E-state index is 13.6. The minimum atomic E-state index is -1.89. The Morgan fingerprint density at radius 1 is 1.04 bits per heavy atom. The highest BCUT2D eigenvalue weighted by Gasteiger charge is 2.33. The molecular formula is C21H23NO5Si. The van der Waals surface area contributed by atoms with E-state index in [2.05, 4.69) is 19.6 Å². The third kappa shape index (κ3) is 2.82. The van der Waals surface area contributed by atoms with Crippen LogP contribution in [0.1, 0.15) is 10.4 Å². The lowest BCUT2D eigenvalue weighted by atomic mass is 10.1. The molecule has 0 atom stereocenters. The first-order chi connectivity index (χ1) is 13.3. The summed E-state index contributed by atoms with van der Waals surface area (Å²) in [6, 6.07) is 9.26. The lowest BCUT2D eigenvalue weighted by Crippen LogP contribution is -2.42. The monoisotopic (exact) mass is 397 g/mol. The van der Waals surface area contributed by atoms with Crippen LogP contribution in [0.2, 0.25) is 19.6 Å². The van der Waals surface area contributed by atoms with Gasteiger partial charge in [0.1, 0.15) is 0 Å². The number of nitrogens with zero attached hydrogens (tertiary/aromatic N) is 1. The third-order valence-corrected chi connectivity index (χ3v) is 6.93. The van der Waals surface area contributed by atoms with Crippen molar-refractivity contribution in [2.75, 3.05) is 21.0 Å². The van der Waals surface area contributed by atoms with Gasteiger partial charge in [-0.3, -0.25) is 9.36 Å². The minimum Gasteiger partial charge on any atom is -0.493 e. The van der Waals surface area contributed by atoms with Crippen LogP contribution in [0.5, 0.6) is 23.0 Å². The molecule has 1 aromatic heterocycles. The van der Waals surface area contributed by atoms with E-state index >= 15 is 0 Å². The molecule has 2 aromatic carbocycles. The molecule has 6 nitrogen and oxygen atoms in total. The van der Waals surface area contributed by atoms with Crippen LogP contribution in [0.3, 0.4) is 0 Å². The van der Waals surface area contributed by atoms with Gasteiger partial charge in [-0.15, -0.1) is 0 Å². The van der Waals surface area contributed by atoms with E-state index in [-0.39, 0.29) is 12.7 Å². The fourth-order valence-corrected chi connectivity index (χ4v) is 5.54. The summed E-state index contributed by atoms with van der Waals surface area (Å²) >= 11 is 0. The van der Waals surface area contributed by atoms with Crippen LogP contribution in [-0.2, 0) is 0 Å². The number of hydrogen-bond donors (Lipinski definition) is 0. The summed E-state index contributed by atoms with van der Waals surface area (Å²) in [6.07, 6.45) is 1.78. The highest BCUT2D eigenvalue weighted by molar-refractivity contribution is 6.90. The van der Waals surface area contributed by atoms with Crippen LogP contribution < -0.4 is 24.1 Å². The molecule has 1 aliphatic heterocycles. The van der Waals surface area contributed by atoms with Crippen LogP contribution >= 0.6 is 0 Å². The van der Waals surface area contributed by atoms with E-state index in [1.54, 1.807) is 25.0 Å². The Balaban J connectivity index is 1.90. The van der Waals surface area contributed by atoms with Crippen LogP contribution in [0.25, 0.3) is 10.9 Å². The van der Waals surface area contributed by atoms with Crippen LogP contribution in [0, 0.1) is 0 Å². The molecule has 2 heterocycles. The van der Waals surface area contributed by atoms with Crippen molar-refractivity contribution in [2.24, 2.45) is 0 Å². The Morgan fingerprint density at radius 2 is 1.75 bits per heavy atom. The van der Waals surface area contributed by atoms with Gasteiger partial charge in [0.2, 0.25) is 6.79 Å². The lowest BCUT2D eigenvalue weighted by molar-refractivity contribution is 0.0965. The molecule has 4 rings (SSSR count). The summed E-state index contributed by atoms with van der Waals surface area (Å²) in [7, 11) is 1.29. The van der Waals surface area contributed by atoms with Gasteiger partial charge < -0.3 is 18.9 Å². The number of fused-ring (bicyclic) bond motifs is 2. The van der Waals surface area contributed by atoms with Gasteiger partial charge >= 0.3 is 0 Å². The summed E-state index contributed by atoms with van der Waals surface area (Å²) in [5, 5.41) is 1.89. The molecule has 0 saturated carbocycles. The Labute approximate surface area is 164 Å². The summed E-state index contributed by atoms with van der Waals surface area (Å²) in [5.74, 6) is 2.53. The van der Waals surface area contributed by atoms with E-state index in [0.29, 0.717) is 28.6 Å². The van der Waals surface area contributed by atoms with Crippen LogP contribution in [0.4, 0.5) is 0 Å². The fourth-order valence-electron chi connectivity index (χ4n) is 3.66. The molecule has 3 aromatic rings. The number of hydrogen-bond acceptors (Lipinski definition) is 5. The molecular weight excluding hydrogens is 374 g/mol.